The number of carbonyl (C=O) groups is 2. The molecule has 1 N–H and O–H groups in total. The predicted octanol–water partition coefficient (Wildman–Crippen LogP) is 4.20. The van der Waals surface area contributed by atoms with Gasteiger partial charge in [0.15, 0.2) is 5.17 Å². The lowest BCUT2D eigenvalue weighted by Crippen LogP contribution is -2.34. The first-order chi connectivity index (χ1) is 11.5. The maximum Gasteiger partial charge on any atom is 0.414 e. The Hall–Kier alpha value is -2.02. The van der Waals surface area contributed by atoms with Crippen LogP contribution in [-0.2, 0) is 9.53 Å². The van der Waals surface area contributed by atoms with Gasteiger partial charge in [-0.1, -0.05) is 31.7 Å². The number of nitrogens with one attached hydrogen (secondary N) is 1. The molecule has 2 amide bonds. The topological polar surface area (TPSA) is 73.7 Å². The van der Waals surface area contributed by atoms with Gasteiger partial charge in [0.1, 0.15) is 5.60 Å². The van der Waals surface area contributed by atoms with Crippen molar-refractivity contribution in [3.8, 4) is 0 Å². The van der Waals surface area contributed by atoms with E-state index in [0.717, 1.165) is 5.56 Å². The minimum atomic E-state index is -0.588. The summed E-state index contributed by atoms with van der Waals surface area (Å²) in [5, 5.41) is 8.27. The average Bonchev–Trinajstić information content (AvgIpc) is 2.83. The summed E-state index contributed by atoms with van der Waals surface area (Å²) in [7, 11) is 1.63. The molecule has 1 saturated heterocycles. The summed E-state index contributed by atoms with van der Waals surface area (Å²) in [5.74, 6) is 0.332. The Bertz CT molecular complexity index is 694. The fourth-order valence-electron chi connectivity index (χ4n) is 2.47. The van der Waals surface area contributed by atoms with E-state index in [1.54, 1.807) is 13.1 Å². The van der Waals surface area contributed by atoms with Crippen molar-refractivity contribution in [3.05, 3.63) is 23.8 Å². The van der Waals surface area contributed by atoms with Crippen molar-refractivity contribution in [1.29, 1.82) is 5.41 Å². The third kappa shape index (κ3) is 4.34. The lowest BCUT2D eigenvalue weighted by Gasteiger charge is -2.27. The highest BCUT2D eigenvalue weighted by Crippen LogP contribution is 2.35. The van der Waals surface area contributed by atoms with E-state index in [2.05, 4.69) is 0 Å². The molecule has 7 heteroatoms. The first-order valence-corrected chi connectivity index (χ1v) is 9.15. The zero-order valence-corrected chi connectivity index (χ0v) is 16.4. The van der Waals surface area contributed by atoms with Crippen LogP contribution in [0.5, 0.6) is 0 Å². The highest BCUT2D eigenvalue weighted by Gasteiger charge is 2.31. The molecule has 2 rings (SSSR count). The lowest BCUT2D eigenvalue weighted by molar-refractivity contribution is -0.115. The molecule has 1 aliphatic rings. The summed E-state index contributed by atoms with van der Waals surface area (Å²) in [6, 6.07) is 5.51. The van der Waals surface area contributed by atoms with Crippen LogP contribution in [0.15, 0.2) is 18.2 Å². The van der Waals surface area contributed by atoms with Crippen LogP contribution < -0.4 is 9.80 Å². The Balaban J connectivity index is 2.42. The van der Waals surface area contributed by atoms with Crippen LogP contribution in [0.2, 0.25) is 0 Å². The van der Waals surface area contributed by atoms with Gasteiger partial charge in [-0.25, -0.2) is 4.79 Å². The lowest BCUT2D eigenvalue weighted by atomic mass is 9.99. The number of amides is 2. The third-order valence-corrected chi connectivity index (χ3v) is 4.56. The summed E-state index contributed by atoms with van der Waals surface area (Å²) in [5.41, 5.74) is 1.64. The largest absolute Gasteiger partial charge is 0.443 e. The number of ether oxygens (including phenoxy) is 1. The van der Waals surface area contributed by atoms with E-state index in [1.807, 2.05) is 46.8 Å². The molecule has 0 spiro atoms. The van der Waals surface area contributed by atoms with Gasteiger partial charge in [0, 0.05) is 12.7 Å². The van der Waals surface area contributed by atoms with Crippen LogP contribution in [-0.4, -0.2) is 35.6 Å². The van der Waals surface area contributed by atoms with E-state index in [9.17, 15) is 9.59 Å². The van der Waals surface area contributed by atoms with Crippen molar-refractivity contribution < 1.29 is 14.3 Å². The van der Waals surface area contributed by atoms with Gasteiger partial charge in [-0.3, -0.25) is 20.0 Å². The van der Waals surface area contributed by atoms with Gasteiger partial charge in [-0.05, 0) is 44.4 Å². The molecular weight excluding hydrogens is 338 g/mol. The Kier molecular flexibility index (Phi) is 5.46. The standard InChI is InChI=1S/C18H25N3O3S/c1-11(2)13-8-7-12(20(6)17(23)24-18(3,4)5)9-14(13)21-15(22)10-25-16(21)19/h7-9,11,19H,10H2,1-6H3. The average molecular weight is 363 g/mol. The van der Waals surface area contributed by atoms with Crippen LogP contribution in [0.4, 0.5) is 16.2 Å². The van der Waals surface area contributed by atoms with Crippen molar-refractivity contribution in [1.82, 2.24) is 0 Å². The molecule has 1 fully saturated rings. The van der Waals surface area contributed by atoms with Crippen LogP contribution in [0.1, 0.15) is 46.1 Å². The van der Waals surface area contributed by atoms with Crippen molar-refractivity contribution in [2.75, 3.05) is 22.6 Å². The minimum absolute atomic E-state index is 0.117. The smallest absolute Gasteiger partial charge is 0.414 e. The van der Waals surface area contributed by atoms with E-state index in [0.29, 0.717) is 11.4 Å². The molecule has 1 aliphatic heterocycles. The summed E-state index contributed by atoms with van der Waals surface area (Å²) < 4.78 is 5.40. The molecule has 1 aromatic carbocycles. The molecule has 0 bridgehead atoms. The van der Waals surface area contributed by atoms with E-state index >= 15 is 0 Å². The van der Waals surface area contributed by atoms with Crippen molar-refractivity contribution in [2.24, 2.45) is 0 Å². The van der Waals surface area contributed by atoms with Crippen molar-refractivity contribution in [3.63, 3.8) is 0 Å². The highest BCUT2D eigenvalue weighted by molar-refractivity contribution is 8.15. The molecule has 0 aromatic heterocycles. The van der Waals surface area contributed by atoms with Gasteiger partial charge in [0.2, 0.25) is 5.91 Å². The maximum atomic E-state index is 12.3. The summed E-state index contributed by atoms with van der Waals surface area (Å²) in [4.78, 5) is 27.4. The Morgan fingerprint density at radius 1 is 1.36 bits per heavy atom. The highest BCUT2D eigenvalue weighted by atomic mass is 32.2. The first kappa shape index (κ1) is 19.3. The van der Waals surface area contributed by atoms with Gasteiger partial charge in [-0.15, -0.1) is 0 Å². The number of benzene rings is 1. The Morgan fingerprint density at radius 3 is 2.48 bits per heavy atom. The second kappa shape index (κ2) is 7.07. The van der Waals surface area contributed by atoms with Gasteiger partial charge in [-0.2, -0.15) is 0 Å². The molecule has 0 radical (unpaired) electrons. The zero-order chi connectivity index (χ0) is 18.9. The number of thioether (sulfide) groups is 1. The number of carbonyl (C=O) groups excluding carboxylic acids is 2. The normalized spacial score (nSPS) is 15.1. The van der Waals surface area contributed by atoms with E-state index in [4.69, 9.17) is 10.1 Å². The molecular formula is C18H25N3O3S. The summed E-state index contributed by atoms with van der Waals surface area (Å²) >= 11 is 1.21. The number of anilines is 2. The second-order valence-corrected chi connectivity index (χ2v) is 8.22. The van der Waals surface area contributed by atoms with E-state index < -0.39 is 11.7 Å². The molecule has 0 atom stereocenters. The van der Waals surface area contributed by atoms with Crippen LogP contribution in [0.25, 0.3) is 0 Å². The Labute approximate surface area is 153 Å². The van der Waals surface area contributed by atoms with Crippen molar-refractivity contribution >= 4 is 40.3 Å². The van der Waals surface area contributed by atoms with Gasteiger partial charge >= 0.3 is 6.09 Å². The number of hydrogen-bond donors (Lipinski definition) is 1. The molecule has 25 heavy (non-hydrogen) atoms. The SMILES string of the molecule is CC(C)c1ccc(N(C)C(=O)OC(C)(C)C)cc1N1C(=N)SCC1=O. The predicted molar refractivity (Wildman–Crippen MR) is 103 cm³/mol. The monoisotopic (exact) mass is 363 g/mol. The van der Waals surface area contributed by atoms with E-state index in [1.165, 1.54) is 21.6 Å². The molecule has 0 saturated carbocycles. The molecule has 6 nitrogen and oxygen atoms in total. The van der Waals surface area contributed by atoms with Crippen molar-refractivity contribution in [2.45, 2.75) is 46.1 Å². The molecule has 1 aromatic rings. The summed E-state index contributed by atoms with van der Waals surface area (Å²) in [6.45, 7) is 9.51. The third-order valence-electron chi connectivity index (χ3n) is 3.72. The number of nitrogens with zero attached hydrogens (tertiary/aromatic N) is 2. The molecule has 0 aliphatic carbocycles. The van der Waals surface area contributed by atoms with Gasteiger partial charge < -0.3 is 4.74 Å². The quantitative estimate of drug-likeness (QED) is 0.873. The first-order valence-electron chi connectivity index (χ1n) is 8.16. The number of rotatable bonds is 3. The van der Waals surface area contributed by atoms with Crippen LogP contribution in [0, 0.1) is 5.41 Å². The number of amidine groups is 1. The molecule has 1 heterocycles. The Morgan fingerprint density at radius 2 is 2.00 bits per heavy atom. The zero-order valence-electron chi connectivity index (χ0n) is 15.5. The molecule has 0 unspecified atom stereocenters. The fourth-order valence-corrected chi connectivity index (χ4v) is 3.19. The van der Waals surface area contributed by atoms with Gasteiger partial charge in [0.05, 0.1) is 11.4 Å². The van der Waals surface area contributed by atoms with Gasteiger partial charge in [0.25, 0.3) is 0 Å². The molecule has 136 valence electrons. The van der Waals surface area contributed by atoms with Crippen LogP contribution in [0.3, 0.4) is 0 Å². The van der Waals surface area contributed by atoms with Crippen LogP contribution >= 0.6 is 11.8 Å². The maximum absolute atomic E-state index is 12.3. The second-order valence-electron chi connectivity index (χ2n) is 7.26. The minimum Gasteiger partial charge on any atom is -0.443 e. The number of hydrogen-bond acceptors (Lipinski definition) is 5. The fraction of sp³-hybridized carbons (Fsp3) is 0.500. The van der Waals surface area contributed by atoms with E-state index in [-0.39, 0.29) is 22.7 Å². The summed E-state index contributed by atoms with van der Waals surface area (Å²) in [6.07, 6.45) is -0.465.